The van der Waals surface area contributed by atoms with E-state index in [1.807, 2.05) is 6.92 Å². The first-order valence-corrected chi connectivity index (χ1v) is 7.03. The predicted octanol–water partition coefficient (Wildman–Crippen LogP) is 3.34. The third-order valence-electron chi connectivity index (χ3n) is 3.35. The number of amides is 1. The molecule has 0 aromatic heterocycles. The molecule has 0 fully saturated rings. The minimum absolute atomic E-state index is 0.00469. The summed E-state index contributed by atoms with van der Waals surface area (Å²) in [6.45, 7) is 6.05. The highest BCUT2D eigenvalue weighted by atomic mass is 35.5. The van der Waals surface area contributed by atoms with Crippen molar-refractivity contribution in [2.45, 2.75) is 33.2 Å². The Labute approximate surface area is 129 Å². The Morgan fingerprint density at radius 1 is 1.43 bits per heavy atom. The van der Waals surface area contributed by atoms with Gasteiger partial charge in [-0.3, -0.25) is 14.9 Å². The van der Waals surface area contributed by atoms with Crippen LogP contribution >= 0.6 is 11.6 Å². The summed E-state index contributed by atoms with van der Waals surface area (Å²) in [6.07, 6.45) is 0.824. The van der Waals surface area contributed by atoms with Crippen molar-refractivity contribution in [1.29, 1.82) is 0 Å². The van der Waals surface area contributed by atoms with E-state index in [0.29, 0.717) is 5.92 Å². The molecule has 0 saturated heterocycles. The minimum atomic E-state index is -0.598. The second kappa shape index (κ2) is 6.76. The molecular formula is C14H20ClN3O3. The SMILES string of the molecule is CC(C)CC(C)N(C)C(=O)c1cc([N+](=O)[O-])cc(Cl)c1N. The molecule has 0 heterocycles. The van der Waals surface area contributed by atoms with Crippen molar-refractivity contribution >= 4 is 28.9 Å². The van der Waals surface area contributed by atoms with Gasteiger partial charge in [0.1, 0.15) is 0 Å². The summed E-state index contributed by atoms with van der Waals surface area (Å²) in [5.74, 6) is 0.0625. The van der Waals surface area contributed by atoms with Crippen molar-refractivity contribution in [3.63, 3.8) is 0 Å². The van der Waals surface area contributed by atoms with Crippen molar-refractivity contribution in [3.8, 4) is 0 Å². The van der Waals surface area contributed by atoms with Gasteiger partial charge in [-0.05, 0) is 19.3 Å². The molecule has 1 atom stereocenters. The van der Waals surface area contributed by atoms with Crippen LogP contribution in [-0.4, -0.2) is 28.8 Å². The molecule has 0 saturated carbocycles. The van der Waals surface area contributed by atoms with Gasteiger partial charge in [0.05, 0.1) is 21.2 Å². The van der Waals surface area contributed by atoms with Crippen molar-refractivity contribution in [1.82, 2.24) is 4.90 Å². The standard InChI is InChI=1S/C14H20ClN3O3/c1-8(2)5-9(3)17(4)14(19)11-6-10(18(20)21)7-12(15)13(11)16/h6-9H,5,16H2,1-4H3. The Morgan fingerprint density at radius 2 is 2.00 bits per heavy atom. The molecule has 21 heavy (non-hydrogen) atoms. The van der Waals surface area contributed by atoms with Crippen LogP contribution in [0.25, 0.3) is 0 Å². The molecule has 116 valence electrons. The number of anilines is 1. The summed E-state index contributed by atoms with van der Waals surface area (Å²) in [6, 6.07) is 2.31. The van der Waals surface area contributed by atoms with Gasteiger partial charge in [-0.1, -0.05) is 25.4 Å². The third-order valence-corrected chi connectivity index (χ3v) is 3.66. The van der Waals surface area contributed by atoms with E-state index in [1.165, 1.54) is 11.0 Å². The van der Waals surface area contributed by atoms with Crippen LogP contribution in [0.3, 0.4) is 0 Å². The zero-order valence-electron chi connectivity index (χ0n) is 12.6. The minimum Gasteiger partial charge on any atom is -0.397 e. The maximum Gasteiger partial charge on any atom is 0.271 e. The first-order valence-electron chi connectivity index (χ1n) is 6.65. The number of nitro groups is 1. The average Bonchev–Trinajstić information content (AvgIpc) is 2.38. The summed E-state index contributed by atoms with van der Waals surface area (Å²) in [7, 11) is 1.65. The Hall–Kier alpha value is -1.82. The van der Waals surface area contributed by atoms with Crippen molar-refractivity contribution in [2.75, 3.05) is 12.8 Å². The Kier molecular flexibility index (Phi) is 5.54. The quantitative estimate of drug-likeness (QED) is 0.513. The topological polar surface area (TPSA) is 89.5 Å². The molecule has 1 aromatic rings. The molecule has 1 unspecified atom stereocenters. The first kappa shape index (κ1) is 17.2. The molecule has 0 aliphatic rings. The van der Waals surface area contributed by atoms with Crippen LogP contribution in [0.2, 0.25) is 5.02 Å². The van der Waals surface area contributed by atoms with Crippen LogP contribution in [0.5, 0.6) is 0 Å². The zero-order chi connectivity index (χ0) is 16.3. The fourth-order valence-corrected chi connectivity index (χ4v) is 2.33. The highest BCUT2D eigenvalue weighted by Gasteiger charge is 2.24. The summed E-state index contributed by atoms with van der Waals surface area (Å²) in [5.41, 5.74) is 5.67. The molecule has 0 spiro atoms. The monoisotopic (exact) mass is 313 g/mol. The second-order valence-corrected chi connectivity index (χ2v) is 5.95. The van der Waals surface area contributed by atoms with E-state index >= 15 is 0 Å². The number of carbonyl (C=O) groups excluding carboxylic acids is 1. The number of carbonyl (C=O) groups is 1. The first-order chi connectivity index (χ1) is 9.65. The van der Waals surface area contributed by atoms with Crippen LogP contribution in [-0.2, 0) is 0 Å². The van der Waals surface area contributed by atoms with Crippen LogP contribution < -0.4 is 5.73 Å². The van der Waals surface area contributed by atoms with Gasteiger partial charge in [-0.2, -0.15) is 0 Å². The van der Waals surface area contributed by atoms with E-state index in [2.05, 4.69) is 13.8 Å². The summed E-state index contributed by atoms with van der Waals surface area (Å²) >= 11 is 5.88. The van der Waals surface area contributed by atoms with Gasteiger partial charge in [-0.15, -0.1) is 0 Å². The Bertz CT molecular complexity index is 561. The Balaban J connectivity index is 3.14. The van der Waals surface area contributed by atoms with Gasteiger partial charge in [-0.25, -0.2) is 0 Å². The summed E-state index contributed by atoms with van der Waals surface area (Å²) in [4.78, 5) is 24.3. The fraction of sp³-hybridized carbons (Fsp3) is 0.500. The van der Waals surface area contributed by atoms with Crippen molar-refractivity contribution in [2.24, 2.45) is 5.92 Å². The lowest BCUT2D eigenvalue weighted by molar-refractivity contribution is -0.384. The second-order valence-electron chi connectivity index (χ2n) is 5.54. The largest absolute Gasteiger partial charge is 0.397 e. The van der Waals surface area contributed by atoms with Crippen molar-refractivity contribution < 1.29 is 9.72 Å². The molecule has 0 radical (unpaired) electrons. The number of nitrogen functional groups attached to an aromatic ring is 1. The summed E-state index contributed by atoms with van der Waals surface area (Å²) < 4.78 is 0. The zero-order valence-corrected chi connectivity index (χ0v) is 13.3. The maximum atomic E-state index is 12.5. The number of nitrogens with zero attached hydrogens (tertiary/aromatic N) is 2. The summed E-state index contributed by atoms with van der Waals surface area (Å²) in [5, 5.41) is 10.9. The van der Waals surface area contributed by atoms with E-state index in [-0.39, 0.29) is 33.9 Å². The maximum absolute atomic E-state index is 12.5. The van der Waals surface area contributed by atoms with Gasteiger partial charge in [0.15, 0.2) is 0 Å². The average molecular weight is 314 g/mol. The molecule has 0 aliphatic carbocycles. The molecule has 1 rings (SSSR count). The molecule has 1 amide bonds. The van der Waals surface area contributed by atoms with E-state index in [9.17, 15) is 14.9 Å². The van der Waals surface area contributed by atoms with Gasteiger partial charge >= 0.3 is 0 Å². The van der Waals surface area contributed by atoms with E-state index in [1.54, 1.807) is 7.05 Å². The number of hydrogen-bond donors (Lipinski definition) is 1. The lowest BCUT2D eigenvalue weighted by Gasteiger charge is -2.27. The van der Waals surface area contributed by atoms with Crippen LogP contribution in [0.1, 0.15) is 37.6 Å². The molecule has 1 aromatic carbocycles. The normalized spacial score (nSPS) is 12.3. The van der Waals surface area contributed by atoms with Crippen molar-refractivity contribution in [3.05, 3.63) is 32.8 Å². The molecule has 7 heteroatoms. The van der Waals surface area contributed by atoms with Gasteiger partial charge in [0.25, 0.3) is 11.6 Å². The number of nitrogens with two attached hydrogens (primary N) is 1. The lowest BCUT2D eigenvalue weighted by atomic mass is 10.0. The smallest absolute Gasteiger partial charge is 0.271 e. The Morgan fingerprint density at radius 3 is 2.48 bits per heavy atom. The third kappa shape index (κ3) is 4.07. The fourth-order valence-electron chi connectivity index (χ4n) is 2.12. The molecule has 2 N–H and O–H groups in total. The number of halogens is 1. The number of hydrogen-bond acceptors (Lipinski definition) is 4. The number of benzene rings is 1. The number of nitro benzene ring substituents is 1. The lowest BCUT2D eigenvalue weighted by Crippen LogP contribution is -2.36. The van der Waals surface area contributed by atoms with Gasteiger partial charge < -0.3 is 10.6 Å². The highest BCUT2D eigenvalue weighted by molar-refractivity contribution is 6.34. The van der Waals surface area contributed by atoms with E-state index in [4.69, 9.17) is 17.3 Å². The van der Waals surface area contributed by atoms with Gasteiger partial charge in [0.2, 0.25) is 0 Å². The van der Waals surface area contributed by atoms with Crippen LogP contribution in [0.4, 0.5) is 11.4 Å². The highest BCUT2D eigenvalue weighted by Crippen LogP contribution is 2.30. The predicted molar refractivity (Wildman–Crippen MR) is 83.5 cm³/mol. The number of rotatable bonds is 5. The van der Waals surface area contributed by atoms with Crippen LogP contribution in [0.15, 0.2) is 12.1 Å². The number of non-ortho nitro benzene ring substituents is 1. The molecule has 0 aliphatic heterocycles. The molecule has 0 bridgehead atoms. The van der Waals surface area contributed by atoms with E-state index < -0.39 is 4.92 Å². The molecular weight excluding hydrogens is 294 g/mol. The van der Waals surface area contributed by atoms with Gasteiger partial charge in [0, 0.05) is 25.2 Å². The van der Waals surface area contributed by atoms with E-state index in [0.717, 1.165) is 12.5 Å². The molecule has 6 nitrogen and oxygen atoms in total. The van der Waals surface area contributed by atoms with Crippen LogP contribution in [0, 0.1) is 16.0 Å².